The molecular formula is C16H16ClNO2S. The zero-order valence-electron chi connectivity index (χ0n) is 11.4. The molecule has 1 aliphatic heterocycles. The summed E-state index contributed by atoms with van der Waals surface area (Å²) in [4.78, 5) is 2.33. The first kappa shape index (κ1) is 14.4. The molecule has 0 bridgehead atoms. The lowest BCUT2D eigenvalue weighted by Gasteiger charge is -2.28. The summed E-state index contributed by atoms with van der Waals surface area (Å²) in [6.45, 7) is 0.836. The number of benzene rings is 2. The van der Waals surface area contributed by atoms with Crippen LogP contribution in [0.2, 0.25) is 0 Å². The quantitative estimate of drug-likeness (QED) is 0.803. The second kappa shape index (κ2) is 5.70. The molecule has 110 valence electrons. The Morgan fingerprint density at radius 3 is 2.38 bits per heavy atom. The van der Waals surface area contributed by atoms with Crippen molar-refractivity contribution >= 4 is 25.4 Å². The Morgan fingerprint density at radius 1 is 1.00 bits per heavy atom. The SMILES string of the molecule is O=S(=O)(Cl)c1ccccc1N1CCCC1c1ccccc1. The zero-order chi connectivity index (χ0) is 14.9. The molecule has 0 spiro atoms. The maximum atomic E-state index is 11.8. The average Bonchev–Trinajstić information content (AvgIpc) is 2.96. The summed E-state index contributed by atoms with van der Waals surface area (Å²) in [5, 5.41) is 0. The highest BCUT2D eigenvalue weighted by atomic mass is 35.7. The van der Waals surface area contributed by atoms with E-state index >= 15 is 0 Å². The highest BCUT2D eigenvalue weighted by molar-refractivity contribution is 8.13. The summed E-state index contributed by atoms with van der Waals surface area (Å²) >= 11 is 0. The Kier molecular flexibility index (Phi) is 3.91. The van der Waals surface area contributed by atoms with E-state index in [4.69, 9.17) is 10.7 Å². The third-order valence-corrected chi connectivity index (χ3v) is 5.24. The molecule has 0 radical (unpaired) electrons. The van der Waals surface area contributed by atoms with E-state index < -0.39 is 9.05 Å². The van der Waals surface area contributed by atoms with E-state index in [1.54, 1.807) is 12.1 Å². The van der Waals surface area contributed by atoms with E-state index in [1.165, 1.54) is 5.56 Å². The van der Waals surface area contributed by atoms with Gasteiger partial charge in [0, 0.05) is 17.2 Å². The fourth-order valence-corrected chi connectivity index (χ4v) is 4.05. The standard InChI is InChI=1S/C16H16ClNO2S/c17-21(19,20)16-11-5-4-9-15(16)18-12-6-10-14(18)13-7-2-1-3-8-13/h1-5,7-9,11,14H,6,10,12H2. The van der Waals surface area contributed by atoms with Crippen molar-refractivity contribution < 1.29 is 8.42 Å². The number of hydrogen-bond donors (Lipinski definition) is 0. The van der Waals surface area contributed by atoms with Crippen molar-refractivity contribution in [3.8, 4) is 0 Å². The minimum atomic E-state index is -3.75. The topological polar surface area (TPSA) is 37.4 Å². The number of rotatable bonds is 3. The molecular weight excluding hydrogens is 306 g/mol. The van der Waals surface area contributed by atoms with Crippen LogP contribution in [0.25, 0.3) is 0 Å². The molecule has 1 unspecified atom stereocenters. The van der Waals surface area contributed by atoms with Gasteiger partial charge in [-0.15, -0.1) is 0 Å². The summed E-state index contributed by atoms with van der Waals surface area (Å²) in [6.07, 6.45) is 2.05. The van der Waals surface area contributed by atoms with Gasteiger partial charge in [0.15, 0.2) is 0 Å². The molecule has 0 N–H and O–H groups in total. The number of para-hydroxylation sites is 1. The van der Waals surface area contributed by atoms with Crippen LogP contribution in [0, 0.1) is 0 Å². The molecule has 2 aromatic rings. The fraction of sp³-hybridized carbons (Fsp3) is 0.250. The molecule has 0 aliphatic carbocycles. The summed E-state index contributed by atoms with van der Waals surface area (Å²) in [5.74, 6) is 0. The van der Waals surface area contributed by atoms with Gasteiger partial charge in [-0.1, -0.05) is 42.5 Å². The second-order valence-electron chi connectivity index (χ2n) is 5.17. The smallest absolute Gasteiger partial charge is 0.263 e. The Labute approximate surface area is 129 Å². The minimum absolute atomic E-state index is 0.189. The summed E-state index contributed by atoms with van der Waals surface area (Å²) in [5.41, 5.74) is 1.90. The Bertz CT molecular complexity index is 731. The summed E-state index contributed by atoms with van der Waals surface area (Å²) < 4.78 is 23.6. The van der Waals surface area contributed by atoms with Crippen molar-refractivity contribution in [2.75, 3.05) is 11.4 Å². The molecule has 0 amide bonds. The molecule has 1 heterocycles. The van der Waals surface area contributed by atoms with Gasteiger partial charge in [-0.3, -0.25) is 0 Å². The van der Waals surface area contributed by atoms with E-state index in [9.17, 15) is 8.42 Å². The molecule has 0 saturated carbocycles. The molecule has 3 nitrogen and oxygen atoms in total. The lowest BCUT2D eigenvalue weighted by molar-refractivity contribution is 0.608. The van der Waals surface area contributed by atoms with Gasteiger partial charge in [0.25, 0.3) is 9.05 Å². The zero-order valence-corrected chi connectivity index (χ0v) is 13.0. The Morgan fingerprint density at radius 2 is 1.67 bits per heavy atom. The minimum Gasteiger partial charge on any atom is -0.363 e. The molecule has 1 atom stereocenters. The monoisotopic (exact) mass is 321 g/mol. The van der Waals surface area contributed by atoms with Gasteiger partial charge in [0.2, 0.25) is 0 Å². The third kappa shape index (κ3) is 2.92. The number of anilines is 1. The highest BCUT2D eigenvalue weighted by Crippen LogP contribution is 2.39. The summed E-state index contributed by atoms with van der Waals surface area (Å²) in [7, 11) is 1.84. The van der Waals surface area contributed by atoms with Crippen molar-refractivity contribution in [3.63, 3.8) is 0 Å². The van der Waals surface area contributed by atoms with E-state index in [-0.39, 0.29) is 10.9 Å². The van der Waals surface area contributed by atoms with Crippen LogP contribution in [-0.2, 0) is 9.05 Å². The lowest BCUT2D eigenvalue weighted by atomic mass is 10.0. The third-order valence-electron chi connectivity index (χ3n) is 3.87. The van der Waals surface area contributed by atoms with Crippen LogP contribution < -0.4 is 4.90 Å². The molecule has 1 aliphatic rings. The fourth-order valence-electron chi connectivity index (χ4n) is 2.98. The second-order valence-corrected chi connectivity index (χ2v) is 7.70. The lowest BCUT2D eigenvalue weighted by Crippen LogP contribution is -2.23. The van der Waals surface area contributed by atoms with Crippen LogP contribution in [-0.4, -0.2) is 15.0 Å². The summed E-state index contributed by atoms with van der Waals surface area (Å²) in [6, 6.07) is 17.3. The first-order valence-corrected chi connectivity index (χ1v) is 9.23. The molecule has 0 aromatic heterocycles. The predicted molar refractivity (Wildman–Crippen MR) is 85.2 cm³/mol. The van der Waals surface area contributed by atoms with Crippen LogP contribution in [0.1, 0.15) is 24.4 Å². The van der Waals surface area contributed by atoms with Crippen molar-refractivity contribution in [3.05, 3.63) is 60.2 Å². The van der Waals surface area contributed by atoms with E-state index in [2.05, 4.69) is 17.0 Å². The number of halogens is 1. The van der Waals surface area contributed by atoms with Gasteiger partial charge in [-0.25, -0.2) is 8.42 Å². The van der Waals surface area contributed by atoms with Gasteiger partial charge in [-0.05, 0) is 30.5 Å². The van der Waals surface area contributed by atoms with Crippen LogP contribution in [0.15, 0.2) is 59.5 Å². The first-order chi connectivity index (χ1) is 10.1. The normalized spacial score (nSPS) is 18.9. The largest absolute Gasteiger partial charge is 0.363 e. The van der Waals surface area contributed by atoms with Gasteiger partial charge >= 0.3 is 0 Å². The van der Waals surface area contributed by atoms with E-state index in [0.717, 1.165) is 19.4 Å². The Hall–Kier alpha value is -1.52. The van der Waals surface area contributed by atoms with Gasteiger partial charge in [0.1, 0.15) is 4.90 Å². The Balaban J connectivity index is 2.04. The maximum Gasteiger partial charge on any atom is 0.263 e. The van der Waals surface area contributed by atoms with Gasteiger partial charge in [0.05, 0.1) is 11.7 Å². The molecule has 2 aromatic carbocycles. The number of hydrogen-bond acceptors (Lipinski definition) is 3. The number of nitrogens with zero attached hydrogens (tertiary/aromatic N) is 1. The van der Waals surface area contributed by atoms with Crippen molar-refractivity contribution in [2.45, 2.75) is 23.8 Å². The molecule has 5 heteroatoms. The van der Waals surface area contributed by atoms with Crippen molar-refractivity contribution in [1.82, 2.24) is 0 Å². The van der Waals surface area contributed by atoms with Gasteiger partial charge < -0.3 is 4.90 Å². The maximum absolute atomic E-state index is 11.8. The predicted octanol–water partition coefficient (Wildman–Crippen LogP) is 3.96. The molecule has 21 heavy (non-hydrogen) atoms. The van der Waals surface area contributed by atoms with Crippen molar-refractivity contribution in [1.29, 1.82) is 0 Å². The van der Waals surface area contributed by atoms with E-state index in [1.807, 2.05) is 30.3 Å². The molecule has 3 rings (SSSR count). The van der Waals surface area contributed by atoms with Crippen LogP contribution in [0.5, 0.6) is 0 Å². The molecule has 1 saturated heterocycles. The van der Waals surface area contributed by atoms with Crippen LogP contribution in [0.4, 0.5) is 5.69 Å². The van der Waals surface area contributed by atoms with E-state index in [0.29, 0.717) is 5.69 Å². The molecule has 1 fully saturated rings. The van der Waals surface area contributed by atoms with Crippen LogP contribution >= 0.6 is 10.7 Å². The van der Waals surface area contributed by atoms with Crippen molar-refractivity contribution in [2.24, 2.45) is 0 Å². The first-order valence-electron chi connectivity index (χ1n) is 6.92. The highest BCUT2D eigenvalue weighted by Gasteiger charge is 2.29. The van der Waals surface area contributed by atoms with Crippen LogP contribution in [0.3, 0.4) is 0 Å². The average molecular weight is 322 g/mol. The van der Waals surface area contributed by atoms with Gasteiger partial charge in [-0.2, -0.15) is 0 Å².